The Bertz CT molecular complexity index is 822. The van der Waals surface area contributed by atoms with Crippen molar-refractivity contribution in [2.75, 3.05) is 0 Å². The molecule has 0 bridgehead atoms. The average molecular weight is 398 g/mol. The molecule has 5 nitrogen and oxygen atoms in total. The fourth-order valence-electron chi connectivity index (χ4n) is 4.43. The number of hydrogen-bond acceptors (Lipinski definition) is 4. The molecular formula is C24H31NO4. The predicted molar refractivity (Wildman–Crippen MR) is 112 cm³/mol. The van der Waals surface area contributed by atoms with Crippen molar-refractivity contribution in [1.82, 2.24) is 0 Å². The molecule has 3 rings (SSSR count). The van der Waals surface area contributed by atoms with Crippen molar-refractivity contribution in [3.63, 3.8) is 0 Å². The maximum Gasteiger partial charge on any atom is 0.217 e. The van der Waals surface area contributed by atoms with Crippen LogP contribution in [-0.4, -0.2) is 34.4 Å². The molecule has 1 aromatic rings. The molecule has 1 fully saturated rings. The molecule has 1 aliphatic carbocycles. The van der Waals surface area contributed by atoms with E-state index in [0.717, 1.165) is 23.3 Å². The Balaban J connectivity index is 1.75. The Labute approximate surface area is 173 Å². The molecule has 1 aliphatic heterocycles. The summed E-state index contributed by atoms with van der Waals surface area (Å²) in [7, 11) is 0. The number of rotatable bonds is 8. The van der Waals surface area contributed by atoms with E-state index in [4.69, 9.17) is 10.5 Å². The van der Waals surface area contributed by atoms with Crippen LogP contribution < -0.4 is 10.5 Å². The van der Waals surface area contributed by atoms with Gasteiger partial charge in [-0.1, -0.05) is 37.3 Å². The lowest BCUT2D eigenvalue weighted by Crippen LogP contribution is -2.19. The van der Waals surface area contributed by atoms with Crippen LogP contribution in [0, 0.1) is 23.7 Å². The second kappa shape index (κ2) is 9.47. The highest BCUT2D eigenvalue weighted by atomic mass is 16.5. The van der Waals surface area contributed by atoms with Gasteiger partial charge in [0.15, 0.2) is 0 Å². The summed E-state index contributed by atoms with van der Waals surface area (Å²) in [6.07, 6.45) is 5.61. The van der Waals surface area contributed by atoms with E-state index in [1.807, 2.05) is 25.1 Å². The van der Waals surface area contributed by atoms with Crippen molar-refractivity contribution >= 4 is 5.91 Å². The number of carbonyl (C=O) groups excluding carboxylic acids is 1. The first-order valence-corrected chi connectivity index (χ1v) is 10.4. The predicted octanol–water partition coefficient (Wildman–Crippen LogP) is 2.69. The minimum Gasteiger partial charge on any atom is -0.489 e. The van der Waals surface area contributed by atoms with Crippen molar-refractivity contribution in [2.45, 2.75) is 70.2 Å². The number of primary amides is 1. The number of amides is 1. The first kappa shape index (κ1) is 21.4. The van der Waals surface area contributed by atoms with Crippen molar-refractivity contribution < 1.29 is 19.7 Å². The topological polar surface area (TPSA) is 92.8 Å². The van der Waals surface area contributed by atoms with E-state index in [2.05, 4.69) is 17.9 Å². The zero-order chi connectivity index (χ0) is 21.0. The second-order valence-corrected chi connectivity index (χ2v) is 8.20. The van der Waals surface area contributed by atoms with Gasteiger partial charge < -0.3 is 20.7 Å². The van der Waals surface area contributed by atoms with E-state index in [-0.39, 0.29) is 29.8 Å². The van der Waals surface area contributed by atoms with Crippen LogP contribution in [0.15, 0.2) is 30.4 Å². The van der Waals surface area contributed by atoms with Gasteiger partial charge in [0.1, 0.15) is 11.9 Å². The zero-order valence-electron chi connectivity index (χ0n) is 17.2. The lowest BCUT2D eigenvalue weighted by Gasteiger charge is -2.19. The van der Waals surface area contributed by atoms with Gasteiger partial charge in [-0.15, -0.1) is 11.8 Å². The van der Waals surface area contributed by atoms with E-state index in [0.29, 0.717) is 25.7 Å². The van der Waals surface area contributed by atoms with Gasteiger partial charge in [0.25, 0.3) is 0 Å². The monoisotopic (exact) mass is 397 g/mol. The minimum absolute atomic E-state index is 0.0389. The molecule has 6 atom stereocenters. The summed E-state index contributed by atoms with van der Waals surface area (Å²) in [6, 6.07) is 6.10. The molecule has 4 N–H and O–H groups in total. The molecule has 0 aromatic heterocycles. The second-order valence-electron chi connectivity index (χ2n) is 8.20. The normalized spacial score (nSPS) is 26.9. The Morgan fingerprint density at radius 2 is 2.24 bits per heavy atom. The van der Waals surface area contributed by atoms with Gasteiger partial charge in [-0.2, -0.15) is 0 Å². The minimum atomic E-state index is -0.593. The number of benzene rings is 1. The Morgan fingerprint density at radius 1 is 1.45 bits per heavy atom. The standard InChI is InChI=1S/C24H31NO4/c1-3-4-7-15(2)19(26)13-12-17-20(27)14-21-23(17)18-10-5-8-16(24(18)29-21)9-6-11-22(25)28/h5,8,10,12-13,15,17,19-21,23,26-27H,6-7,9,11,14H2,1-2H3,(H2,25,28)/t15-,17+,19-,20-,21+,23+/m1/s1. The molecule has 156 valence electrons. The fourth-order valence-corrected chi connectivity index (χ4v) is 4.43. The van der Waals surface area contributed by atoms with Gasteiger partial charge in [-0.3, -0.25) is 4.79 Å². The Hall–Kier alpha value is -2.29. The highest BCUT2D eigenvalue weighted by Crippen LogP contribution is 2.52. The number of carbonyl (C=O) groups is 1. The Morgan fingerprint density at radius 3 is 2.97 bits per heavy atom. The van der Waals surface area contributed by atoms with Gasteiger partial charge >= 0.3 is 0 Å². The molecule has 0 radical (unpaired) electrons. The highest BCUT2D eigenvalue weighted by molar-refractivity contribution is 5.73. The van der Waals surface area contributed by atoms with E-state index in [1.54, 1.807) is 13.0 Å². The van der Waals surface area contributed by atoms with Crippen LogP contribution in [0.1, 0.15) is 56.6 Å². The maximum atomic E-state index is 11.0. The quantitative estimate of drug-likeness (QED) is 0.464. The van der Waals surface area contributed by atoms with Crippen molar-refractivity contribution in [3.05, 3.63) is 41.5 Å². The number of hydrogen-bond donors (Lipinski definition) is 3. The van der Waals surface area contributed by atoms with Gasteiger partial charge in [0, 0.05) is 36.7 Å². The molecule has 1 heterocycles. The van der Waals surface area contributed by atoms with Crippen molar-refractivity contribution in [2.24, 2.45) is 17.6 Å². The SMILES string of the molecule is CC#CC[C@@H](C)[C@H](O)C=C[C@@H]1[C@H]2c3cccc(CCCC(N)=O)c3O[C@H]2C[C@H]1O. The van der Waals surface area contributed by atoms with Crippen LogP contribution in [0.25, 0.3) is 0 Å². The molecule has 0 unspecified atom stereocenters. The molecular weight excluding hydrogens is 366 g/mol. The number of aliphatic hydroxyl groups is 2. The average Bonchev–Trinajstić information content (AvgIpc) is 3.19. The summed E-state index contributed by atoms with van der Waals surface area (Å²) >= 11 is 0. The summed E-state index contributed by atoms with van der Waals surface area (Å²) in [6.45, 7) is 3.77. The molecule has 1 saturated carbocycles. The molecule has 5 heteroatoms. The van der Waals surface area contributed by atoms with E-state index >= 15 is 0 Å². The zero-order valence-corrected chi connectivity index (χ0v) is 17.2. The molecule has 0 saturated heterocycles. The first-order chi connectivity index (χ1) is 13.9. The number of ether oxygens (including phenoxy) is 1. The Kier molecular flexibility index (Phi) is 7.00. The number of aryl methyl sites for hydroxylation is 1. The van der Waals surface area contributed by atoms with Gasteiger partial charge in [-0.05, 0) is 31.2 Å². The highest BCUT2D eigenvalue weighted by Gasteiger charge is 2.48. The van der Waals surface area contributed by atoms with Crippen LogP contribution in [-0.2, 0) is 11.2 Å². The number of nitrogens with two attached hydrogens (primary N) is 1. The molecule has 2 aliphatic rings. The van der Waals surface area contributed by atoms with Crippen LogP contribution in [0.3, 0.4) is 0 Å². The lowest BCUT2D eigenvalue weighted by atomic mass is 9.86. The molecule has 1 amide bonds. The smallest absolute Gasteiger partial charge is 0.217 e. The third kappa shape index (κ3) is 4.83. The summed E-state index contributed by atoms with van der Waals surface area (Å²) < 4.78 is 6.24. The first-order valence-electron chi connectivity index (χ1n) is 10.4. The summed E-state index contributed by atoms with van der Waals surface area (Å²) in [5.41, 5.74) is 7.44. The van der Waals surface area contributed by atoms with Crippen LogP contribution in [0.4, 0.5) is 0 Å². The number of fused-ring (bicyclic) bond motifs is 3. The van der Waals surface area contributed by atoms with Crippen LogP contribution >= 0.6 is 0 Å². The van der Waals surface area contributed by atoms with E-state index in [1.165, 1.54) is 0 Å². The van der Waals surface area contributed by atoms with E-state index in [9.17, 15) is 15.0 Å². The van der Waals surface area contributed by atoms with Crippen molar-refractivity contribution in [3.8, 4) is 17.6 Å². The number of aliphatic hydroxyl groups excluding tert-OH is 2. The summed E-state index contributed by atoms with van der Waals surface area (Å²) in [5, 5.41) is 21.0. The summed E-state index contributed by atoms with van der Waals surface area (Å²) in [4.78, 5) is 11.0. The van der Waals surface area contributed by atoms with Gasteiger partial charge in [0.05, 0.1) is 12.2 Å². The van der Waals surface area contributed by atoms with E-state index < -0.39 is 12.2 Å². The lowest BCUT2D eigenvalue weighted by molar-refractivity contribution is -0.118. The largest absolute Gasteiger partial charge is 0.489 e. The number of para-hydroxylation sites is 1. The van der Waals surface area contributed by atoms with Gasteiger partial charge in [-0.25, -0.2) is 0 Å². The van der Waals surface area contributed by atoms with Crippen molar-refractivity contribution in [1.29, 1.82) is 0 Å². The molecule has 0 spiro atoms. The molecule has 1 aromatic carbocycles. The molecule has 29 heavy (non-hydrogen) atoms. The fraction of sp³-hybridized carbons (Fsp3) is 0.542. The van der Waals surface area contributed by atoms with Gasteiger partial charge in [0.2, 0.25) is 5.91 Å². The summed E-state index contributed by atoms with van der Waals surface area (Å²) in [5.74, 6) is 6.48. The third-order valence-corrected chi connectivity index (χ3v) is 6.07. The van der Waals surface area contributed by atoms with Crippen LogP contribution in [0.5, 0.6) is 5.75 Å². The van der Waals surface area contributed by atoms with Crippen LogP contribution in [0.2, 0.25) is 0 Å². The maximum absolute atomic E-state index is 11.0. The third-order valence-electron chi connectivity index (χ3n) is 6.07.